The number of carbonyl (C=O) groups excluding carboxylic acids is 1. The van der Waals surface area contributed by atoms with Crippen LogP contribution >= 0.6 is 12.4 Å². The van der Waals surface area contributed by atoms with E-state index in [-0.39, 0.29) is 24.4 Å². The Morgan fingerprint density at radius 3 is 2.58 bits per heavy atom. The van der Waals surface area contributed by atoms with Gasteiger partial charge >= 0.3 is 0 Å². The zero-order chi connectivity index (χ0) is 13.4. The van der Waals surface area contributed by atoms with Gasteiger partial charge in [0.15, 0.2) is 0 Å². The van der Waals surface area contributed by atoms with Crippen molar-refractivity contribution in [1.29, 1.82) is 0 Å². The van der Waals surface area contributed by atoms with E-state index in [4.69, 9.17) is 0 Å². The van der Waals surface area contributed by atoms with Gasteiger partial charge in [0.25, 0.3) is 0 Å². The lowest BCUT2D eigenvalue weighted by Gasteiger charge is -2.22. The summed E-state index contributed by atoms with van der Waals surface area (Å²) in [5.41, 5.74) is 0. The Bertz CT molecular complexity index is 244. The first-order valence-corrected chi connectivity index (χ1v) is 7.23. The maximum Gasteiger partial charge on any atom is 0.220 e. The van der Waals surface area contributed by atoms with Crippen LogP contribution in [0.2, 0.25) is 0 Å². The van der Waals surface area contributed by atoms with Crippen molar-refractivity contribution in [3.05, 3.63) is 0 Å². The molecule has 1 rings (SSSR count). The van der Waals surface area contributed by atoms with Gasteiger partial charge < -0.3 is 15.7 Å². The predicted molar refractivity (Wildman–Crippen MR) is 80.5 cm³/mol. The summed E-state index contributed by atoms with van der Waals surface area (Å²) in [6.45, 7) is 6.71. The molecule has 114 valence electrons. The lowest BCUT2D eigenvalue weighted by Crippen LogP contribution is -2.31. The molecule has 1 saturated heterocycles. The van der Waals surface area contributed by atoms with Gasteiger partial charge in [-0.25, -0.2) is 0 Å². The number of aliphatic hydroxyl groups is 1. The van der Waals surface area contributed by atoms with E-state index < -0.39 is 0 Å². The van der Waals surface area contributed by atoms with Gasteiger partial charge in [0.2, 0.25) is 5.91 Å². The van der Waals surface area contributed by atoms with E-state index in [1.807, 2.05) is 0 Å². The molecular formula is C14H29ClN2O2. The number of hydrogen-bond acceptors (Lipinski definition) is 3. The quantitative estimate of drug-likeness (QED) is 0.669. The molecule has 1 fully saturated rings. The zero-order valence-corrected chi connectivity index (χ0v) is 13.0. The molecule has 0 aromatic heterocycles. The minimum atomic E-state index is -0.286. The van der Waals surface area contributed by atoms with Crippen molar-refractivity contribution < 1.29 is 9.90 Å². The molecule has 0 aromatic rings. The van der Waals surface area contributed by atoms with E-state index in [9.17, 15) is 9.90 Å². The molecular weight excluding hydrogens is 264 g/mol. The SMILES string of the molecule is CC(O)CC(C)CNC(=O)CCC1CCNCC1.Cl. The van der Waals surface area contributed by atoms with Crippen LogP contribution in [0.15, 0.2) is 0 Å². The van der Waals surface area contributed by atoms with Gasteiger partial charge in [0, 0.05) is 13.0 Å². The van der Waals surface area contributed by atoms with E-state index in [1.165, 1.54) is 12.8 Å². The van der Waals surface area contributed by atoms with Gasteiger partial charge in [0.1, 0.15) is 0 Å². The highest BCUT2D eigenvalue weighted by Gasteiger charge is 2.14. The van der Waals surface area contributed by atoms with Gasteiger partial charge in [-0.1, -0.05) is 6.92 Å². The number of amides is 1. The summed E-state index contributed by atoms with van der Waals surface area (Å²) in [7, 11) is 0. The van der Waals surface area contributed by atoms with Crippen molar-refractivity contribution in [3.8, 4) is 0 Å². The second-order valence-electron chi connectivity index (χ2n) is 5.73. The molecule has 3 N–H and O–H groups in total. The minimum absolute atomic E-state index is 0. The van der Waals surface area contributed by atoms with Gasteiger partial charge in [-0.3, -0.25) is 4.79 Å². The molecule has 0 radical (unpaired) electrons. The van der Waals surface area contributed by atoms with Crippen LogP contribution < -0.4 is 10.6 Å². The maximum absolute atomic E-state index is 11.7. The fourth-order valence-electron chi connectivity index (χ4n) is 2.55. The van der Waals surface area contributed by atoms with E-state index in [1.54, 1.807) is 6.92 Å². The summed E-state index contributed by atoms with van der Waals surface area (Å²) < 4.78 is 0. The molecule has 4 nitrogen and oxygen atoms in total. The largest absolute Gasteiger partial charge is 0.393 e. The summed E-state index contributed by atoms with van der Waals surface area (Å²) in [6.07, 6.45) is 4.52. The number of nitrogens with one attached hydrogen (secondary N) is 2. The van der Waals surface area contributed by atoms with Crippen LogP contribution in [-0.2, 0) is 4.79 Å². The number of hydrogen-bond donors (Lipinski definition) is 3. The van der Waals surface area contributed by atoms with Gasteiger partial charge in [-0.05, 0) is 57.5 Å². The van der Waals surface area contributed by atoms with E-state index >= 15 is 0 Å². The highest BCUT2D eigenvalue weighted by Crippen LogP contribution is 2.17. The fraction of sp³-hybridized carbons (Fsp3) is 0.929. The lowest BCUT2D eigenvalue weighted by atomic mass is 9.93. The Morgan fingerprint density at radius 2 is 2.00 bits per heavy atom. The molecule has 1 heterocycles. The summed E-state index contributed by atoms with van der Waals surface area (Å²) in [4.78, 5) is 11.7. The van der Waals surface area contributed by atoms with Gasteiger partial charge in [0.05, 0.1) is 6.10 Å². The van der Waals surface area contributed by atoms with Crippen molar-refractivity contribution in [2.45, 2.75) is 52.1 Å². The second-order valence-corrected chi connectivity index (χ2v) is 5.73. The Kier molecular flexibility index (Phi) is 10.3. The number of aliphatic hydroxyl groups excluding tert-OH is 1. The summed E-state index contributed by atoms with van der Waals surface area (Å²) in [5, 5.41) is 15.5. The topological polar surface area (TPSA) is 61.4 Å². The summed E-state index contributed by atoms with van der Waals surface area (Å²) >= 11 is 0. The average molecular weight is 293 g/mol. The predicted octanol–water partition coefficient (Wildman–Crippen LogP) is 1.71. The third-order valence-corrected chi connectivity index (χ3v) is 3.63. The van der Waals surface area contributed by atoms with Crippen molar-refractivity contribution in [2.75, 3.05) is 19.6 Å². The first-order valence-electron chi connectivity index (χ1n) is 7.23. The van der Waals surface area contributed by atoms with Gasteiger partial charge in [-0.15, -0.1) is 12.4 Å². The van der Waals surface area contributed by atoms with E-state index in [2.05, 4.69) is 17.6 Å². The molecule has 1 aliphatic rings. The molecule has 1 amide bonds. The van der Waals surface area contributed by atoms with Crippen molar-refractivity contribution in [3.63, 3.8) is 0 Å². The second kappa shape index (κ2) is 10.5. The summed E-state index contributed by atoms with van der Waals surface area (Å²) in [6, 6.07) is 0. The Balaban J connectivity index is 0.00000324. The van der Waals surface area contributed by atoms with Crippen LogP contribution in [0.5, 0.6) is 0 Å². The van der Waals surface area contributed by atoms with Crippen LogP contribution in [-0.4, -0.2) is 36.8 Å². The van der Waals surface area contributed by atoms with Gasteiger partial charge in [-0.2, -0.15) is 0 Å². The van der Waals surface area contributed by atoms with Crippen LogP contribution in [0.1, 0.15) is 46.0 Å². The Labute approximate surface area is 123 Å². The van der Waals surface area contributed by atoms with E-state index in [0.717, 1.165) is 25.9 Å². The zero-order valence-electron chi connectivity index (χ0n) is 12.2. The highest BCUT2D eigenvalue weighted by atomic mass is 35.5. The molecule has 2 atom stereocenters. The van der Waals surface area contributed by atoms with Crippen LogP contribution in [0.25, 0.3) is 0 Å². The van der Waals surface area contributed by atoms with Crippen molar-refractivity contribution >= 4 is 18.3 Å². The maximum atomic E-state index is 11.7. The normalized spacial score (nSPS) is 19.3. The summed E-state index contributed by atoms with van der Waals surface area (Å²) in [5.74, 6) is 1.21. The van der Waals surface area contributed by atoms with Crippen LogP contribution in [0, 0.1) is 11.8 Å². The molecule has 1 aliphatic heterocycles. The number of piperidine rings is 1. The Hall–Kier alpha value is -0.320. The average Bonchev–Trinajstić information content (AvgIpc) is 2.34. The standard InChI is InChI=1S/C14H28N2O2.ClH/c1-11(9-12(2)17)10-16-14(18)4-3-13-5-7-15-8-6-13;/h11-13,15,17H,3-10H2,1-2H3,(H,16,18);1H. The smallest absolute Gasteiger partial charge is 0.220 e. The number of rotatable bonds is 7. The van der Waals surface area contributed by atoms with Crippen LogP contribution in [0.3, 0.4) is 0 Å². The molecule has 2 unspecified atom stereocenters. The first kappa shape index (κ1) is 18.7. The molecule has 0 aliphatic carbocycles. The van der Waals surface area contributed by atoms with Crippen LogP contribution in [0.4, 0.5) is 0 Å². The number of carbonyl (C=O) groups is 1. The first-order chi connectivity index (χ1) is 8.58. The van der Waals surface area contributed by atoms with Crippen molar-refractivity contribution in [1.82, 2.24) is 10.6 Å². The lowest BCUT2D eigenvalue weighted by molar-refractivity contribution is -0.121. The molecule has 0 aromatic carbocycles. The molecule has 5 heteroatoms. The highest BCUT2D eigenvalue weighted by molar-refractivity contribution is 5.85. The monoisotopic (exact) mass is 292 g/mol. The fourth-order valence-corrected chi connectivity index (χ4v) is 2.55. The molecule has 0 bridgehead atoms. The third kappa shape index (κ3) is 9.25. The van der Waals surface area contributed by atoms with Crippen molar-refractivity contribution in [2.24, 2.45) is 11.8 Å². The minimum Gasteiger partial charge on any atom is -0.393 e. The Morgan fingerprint density at radius 1 is 1.37 bits per heavy atom. The molecule has 0 saturated carbocycles. The van der Waals surface area contributed by atoms with E-state index in [0.29, 0.717) is 24.8 Å². The molecule has 19 heavy (non-hydrogen) atoms. The number of halogens is 1. The third-order valence-electron chi connectivity index (χ3n) is 3.63. The molecule has 0 spiro atoms.